The van der Waals surface area contributed by atoms with E-state index in [4.69, 9.17) is 5.26 Å². The van der Waals surface area contributed by atoms with E-state index in [1.54, 1.807) is 24.3 Å². The Kier molecular flexibility index (Phi) is 5.10. The molecular weight excluding hydrogens is 411 g/mol. The highest BCUT2D eigenvalue weighted by atomic mass is 19.4. The van der Waals surface area contributed by atoms with Crippen LogP contribution >= 0.6 is 0 Å². The van der Waals surface area contributed by atoms with Gasteiger partial charge in [-0.3, -0.25) is 4.79 Å². The predicted molar refractivity (Wildman–Crippen MR) is 103 cm³/mol. The fraction of sp³-hybridized carbons (Fsp3) is 0.238. The summed E-state index contributed by atoms with van der Waals surface area (Å²) in [5, 5.41) is 25.5. The summed E-state index contributed by atoms with van der Waals surface area (Å²) < 4.78 is 40.5. The molecule has 1 saturated carbocycles. The molecule has 0 radical (unpaired) electrons. The summed E-state index contributed by atoms with van der Waals surface area (Å²) in [6.45, 7) is 0. The van der Waals surface area contributed by atoms with Crippen molar-refractivity contribution in [3.63, 3.8) is 0 Å². The van der Waals surface area contributed by atoms with Crippen molar-refractivity contribution in [3.8, 4) is 28.9 Å². The number of nitrogens with zero attached hydrogens (tertiary/aromatic N) is 4. The summed E-state index contributed by atoms with van der Waals surface area (Å²) in [4.78, 5) is 16.3. The monoisotopic (exact) mass is 427 g/mol. The third-order valence-electron chi connectivity index (χ3n) is 5.03. The predicted octanol–water partition coefficient (Wildman–Crippen LogP) is 3.58. The Balaban J connectivity index is 1.52. The quantitative estimate of drug-likeness (QED) is 0.648. The molecule has 2 heterocycles. The lowest BCUT2D eigenvalue weighted by molar-refractivity contribution is -0.158. The van der Waals surface area contributed by atoms with Gasteiger partial charge in [0.25, 0.3) is 5.91 Å². The van der Waals surface area contributed by atoms with Crippen LogP contribution in [0, 0.1) is 17.2 Å². The summed E-state index contributed by atoms with van der Waals surface area (Å²) in [5.74, 6) is -1.47. The minimum atomic E-state index is -4.51. The van der Waals surface area contributed by atoms with Crippen molar-refractivity contribution in [2.24, 2.45) is 5.92 Å². The molecule has 1 aliphatic carbocycles. The number of aromatic nitrogens is 3. The van der Waals surface area contributed by atoms with Gasteiger partial charge in [-0.25, -0.2) is 4.98 Å². The van der Waals surface area contributed by atoms with E-state index in [0.717, 1.165) is 10.9 Å². The zero-order valence-electron chi connectivity index (χ0n) is 16.0. The van der Waals surface area contributed by atoms with Gasteiger partial charge >= 0.3 is 6.18 Å². The van der Waals surface area contributed by atoms with E-state index in [2.05, 4.69) is 10.1 Å². The minimum Gasteiger partial charge on any atom is -0.493 e. The van der Waals surface area contributed by atoms with Crippen molar-refractivity contribution >= 4 is 5.91 Å². The van der Waals surface area contributed by atoms with E-state index in [0.29, 0.717) is 29.5 Å². The summed E-state index contributed by atoms with van der Waals surface area (Å²) in [6, 6.07) is 9.37. The average Bonchev–Trinajstić information content (AvgIpc) is 3.52. The SMILES string of the molecule is N#Cc1ccc(-c2cnn(-c3ccc(C(=O)NC(C4CC4)C(F)(F)F)cn3)c2O)cc1. The van der Waals surface area contributed by atoms with Gasteiger partial charge in [0.1, 0.15) is 6.04 Å². The number of pyridine rings is 1. The highest BCUT2D eigenvalue weighted by Crippen LogP contribution is 2.40. The van der Waals surface area contributed by atoms with Gasteiger partial charge in [0.05, 0.1) is 29.0 Å². The molecule has 1 unspecified atom stereocenters. The van der Waals surface area contributed by atoms with Crippen LogP contribution in [0.3, 0.4) is 0 Å². The molecule has 1 aromatic carbocycles. The molecule has 1 fully saturated rings. The number of hydrogen-bond donors (Lipinski definition) is 2. The van der Waals surface area contributed by atoms with Crippen LogP contribution in [-0.4, -0.2) is 38.0 Å². The Morgan fingerprint density at radius 2 is 1.90 bits per heavy atom. The number of alkyl halides is 3. The van der Waals surface area contributed by atoms with E-state index in [9.17, 15) is 23.1 Å². The molecule has 4 rings (SSSR count). The number of nitriles is 1. The highest BCUT2D eigenvalue weighted by molar-refractivity contribution is 5.94. The van der Waals surface area contributed by atoms with Crippen molar-refractivity contribution < 1.29 is 23.1 Å². The minimum absolute atomic E-state index is 0.0300. The van der Waals surface area contributed by atoms with Gasteiger partial charge in [-0.15, -0.1) is 0 Å². The average molecular weight is 427 g/mol. The van der Waals surface area contributed by atoms with E-state index in [1.807, 2.05) is 11.4 Å². The fourth-order valence-electron chi connectivity index (χ4n) is 3.20. The Hall–Kier alpha value is -3.87. The largest absolute Gasteiger partial charge is 0.493 e. The van der Waals surface area contributed by atoms with Crippen LogP contribution < -0.4 is 5.32 Å². The van der Waals surface area contributed by atoms with Crippen molar-refractivity contribution in [1.82, 2.24) is 20.1 Å². The smallest absolute Gasteiger partial charge is 0.408 e. The molecule has 158 valence electrons. The Morgan fingerprint density at radius 3 is 2.45 bits per heavy atom. The van der Waals surface area contributed by atoms with Gasteiger partial charge in [0, 0.05) is 6.20 Å². The van der Waals surface area contributed by atoms with Crippen LogP contribution in [-0.2, 0) is 0 Å². The number of benzene rings is 1. The molecule has 3 aromatic rings. The molecule has 1 atom stereocenters. The summed E-state index contributed by atoms with van der Waals surface area (Å²) in [6.07, 6.45) is -1.09. The van der Waals surface area contributed by atoms with Gasteiger partial charge in [-0.1, -0.05) is 12.1 Å². The first-order chi connectivity index (χ1) is 14.8. The first kappa shape index (κ1) is 20.4. The maximum atomic E-state index is 13.1. The number of hydrogen-bond acceptors (Lipinski definition) is 5. The standard InChI is InChI=1S/C21H16F3N5O2/c22-21(23,24)18(14-5-6-14)28-19(30)15-7-8-17(26-10-15)29-20(31)16(11-27-29)13-3-1-12(9-25)2-4-13/h1-4,7-8,10-11,14,18,31H,5-6H2,(H,28,30). The van der Waals surface area contributed by atoms with E-state index < -0.39 is 24.0 Å². The number of nitrogens with one attached hydrogen (secondary N) is 1. The zero-order chi connectivity index (χ0) is 22.2. The first-order valence-electron chi connectivity index (χ1n) is 9.39. The lowest BCUT2D eigenvalue weighted by atomic mass is 10.1. The third-order valence-corrected chi connectivity index (χ3v) is 5.03. The maximum Gasteiger partial charge on any atom is 0.408 e. The molecule has 1 aliphatic rings. The molecule has 0 bridgehead atoms. The number of amides is 1. The molecule has 2 aromatic heterocycles. The zero-order valence-corrected chi connectivity index (χ0v) is 16.0. The molecule has 1 amide bonds. The van der Waals surface area contributed by atoms with Gasteiger partial charge in [0.2, 0.25) is 5.88 Å². The number of carbonyl (C=O) groups is 1. The number of carbonyl (C=O) groups excluding carboxylic acids is 1. The van der Waals surface area contributed by atoms with E-state index in [-0.39, 0.29) is 17.3 Å². The van der Waals surface area contributed by atoms with Crippen LogP contribution in [0.2, 0.25) is 0 Å². The van der Waals surface area contributed by atoms with Crippen LogP contribution in [0.15, 0.2) is 48.8 Å². The Labute approximate surface area is 174 Å². The molecule has 2 N–H and O–H groups in total. The summed E-state index contributed by atoms with van der Waals surface area (Å²) in [5.41, 5.74) is 1.49. The second kappa shape index (κ2) is 7.75. The van der Waals surface area contributed by atoms with Crippen LogP contribution in [0.5, 0.6) is 5.88 Å². The van der Waals surface area contributed by atoms with E-state index >= 15 is 0 Å². The van der Waals surface area contributed by atoms with Gasteiger partial charge in [0.15, 0.2) is 5.82 Å². The highest BCUT2D eigenvalue weighted by Gasteiger charge is 2.49. The van der Waals surface area contributed by atoms with Gasteiger partial charge < -0.3 is 10.4 Å². The number of rotatable bonds is 5. The number of halogens is 3. The molecule has 0 aliphatic heterocycles. The summed E-state index contributed by atoms with van der Waals surface area (Å²) >= 11 is 0. The fourth-order valence-corrected chi connectivity index (χ4v) is 3.20. The van der Waals surface area contributed by atoms with Crippen LogP contribution in [0.1, 0.15) is 28.8 Å². The van der Waals surface area contributed by atoms with Gasteiger partial charge in [-0.2, -0.15) is 28.2 Å². The normalized spacial score (nSPS) is 14.6. The third kappa shape index (κ3) is 4.21. The van der Waals surface area contributed by atoms with Crippen molar-refractivity contribution in [2.45, 2.75) is 25.1 Å². The molecular formula is C21H16F3N5O2. The van der Waals surface area contributed by atoms with Crippen molar-refractivity contribution in [2.75, 3.05) is 0 Å². The summed E-state index contributed by atoms with van der Waals surface area (Å²) in [7, 11) is 0. The topological polar surface area (TPSA) is 104 Å². The maximum absolute atomic E-state index is 13.1. The van der Waals surface area contributed by atoms with E-state index in [1.165, 1.54) is 18.3 Å². The molecule has 0 saturated heterocycles. The second-order valence-corrected chi connectivity index (χ2v) is 7.22. The molecule has 0 spiro atoms. The Morgan fingerprint density at radius 1 is 1.19 bits per heavy atom. The first-order valence-corrected chi connectivity index (χ1v) is 9.39. The van der Waals surface area contributed by atoms with Crippen LogP contribution in [0.4, 0.5) is 13.2 Å². The van der Waals surface area contributed by atoms with Crippen molar-refractivity contribution in [3.05, 3.63) is 59.9 Å². The lowest BCUT2D eigenvalue weighted by Crippen LogP contribution is -2.46. The Bertz CT molecular complexity index is 1140. The van der Waals surface area contributed by atoms with Crippen LogP contribution in [0.25, 0.3) is 16.9 Å². The molecule has 7 nitrogen and oxygen atoms in total. The lowest BCUT2D eigenvalue weighted by Gasteiger charge is -2.21. The van der Waals surface area contributed by atoms with Gasteiger partial charge in [-0.05, 0) is 48.6 Å². The molecule has 31 heavy (non-hydrogen) atoms. The van der Waals surface area contributed by atoms with Crippen molar-refractivity contribution in [1.29, 1.82) is 5.26 Å². The number of aromatic hydroxyl groups is 1. The molecule has 10 heteroatoms. The second-order valence-electron chi connectivity index (χ2n) is 7.22.